The van der Waals surface area contributed by atoms with Crippen molar-refractivity contribution in [1.82, 2.24) is 5.32 Å². The van der Waals surface area contributed by atoms with Gasteiger partial charge in [0.2, 0.25) is 0 Å². The summed E-state index contributed by atoms with van der Waals surface area (Å²) in [5.41, 5.74) is 5.56. The van der Waals surface area contributed by atoms with Crippen LogP contribution < -0.4 is 11.1 Å². The van der Waals surface area contributed by atoms with Crippen molar-refractivity contribution in [2.75, 3.05) is 0 Å². The maximum atomic E-state index is 5.57. The minimum atomic E-state index is -0.736. The second-order valence-electron chi connectivity index (χ2n) is 5.30. The van der Waals surface area contributed by atoms with Gasteiger partial charge in [0.05, 0.1) is 5.54 Å². The van der Waals surface area contributed by atoms with E-state index in [1.54, 1.807) is 0 Å². The highest BCUT2D eigenvalue weighted by Gasteiger charge is 2.27. The summed E-state index contributed by atoms with van der Waals surface area (Å²) in [7, 11) is 0. The molecule has 1 unspecified atom stereocenters. The van der Waals surface area contributed by atoms with Crippen LogP contribution in [-0.2, 0) is 5.66 Å². The highest BCUT2D eigenvalue weighted by molar-refractivity contribution is 7.80. The van der Waals surface area contributed by atoms with Gasteiger partial charge in [0.1, 0.15) is 0 Å². The van der Waals surface area contributed by atoms with E-state index in [0.717, 1.165) is 5.56 Å². The highest BCUT2D eigenvalue weighted by Crippen LogP contribution is 2.24. The third-order valence-electron chi connectivity index (χ3n) is 2.25. The first-order chi connectivity index (χ1) is 8.23. The van der Waals surface area contributed by atoms with Crippen LogP contribution in [0.3, 0.4) is 0 Å². The van der Waals surface area contributed by atoms with E-state index < -0.39 is 5.66 Å². The number of nitrogens with zero attached hydrogens (tertiary/aromatic N) is 2. The number of nitrogens with two attached hydrogens (primary N) is 1. The van der Waals surface area contributed by atoms with Crippen LogP contribution in [0.15, 0.2) is 40.6 Å². The molecular formula is C13H20N4S. The normalized spacial score (nSPS) is 15.3. The zero-order chi connectivity index (χ0) is 13.8. The lowest BCUT2D eigenvalue weighted by molar-refractivity contribution is 0.397. The largest absolute Gasteiger partial charge is 0.376 e. The first kappa shape index (κ1) is 14.6. The molecule has 18 heavy (non-hydrogen) atoms. The van der Waals surface area contributed by atoms with E-state index in [9.17, 15) is 0 Å². The molecule has 1 aromatic rings. The molecule has 0 heterocycles. The standard InChI is InChI=1S/C13H20N4S/c1-12(2,3)16-17-13(4,15-11(14)18)10-8-6-5-7-9-10/h5-9H,1-4H3,(H3,14,15,18). The molecular weight excluding hydrogens is 244 g/mol. The number of benzene rings is 1. The summed E-state index contributed by atoms with van der Waals surface area (Å²) in [6, 6.07) is 9.77. The molecule has 1 rings (SSSR count). The fourth-order valence-corrected chi connectivity index (χ4v) is 1.61. The highest BCUT2D eigenvalue weighted by atomic mass is 32.1. The summed E-state index contributed by atoms with van der Waals surface area (Å²) in [5, 5.41) is 11.9. The summed E-state index contributed by atoms with van der Waals surface area (Å²) in [5.74, 6) is 0. The van der Waals surface area contributed by atoms with Crippen LogP contribution in [0.2, 0.25) is 0 Å². The van der Waals surface area contributed by atoms with E-state index in [1.807, 2.05) is 58.0 Å². The van der Waals surface area contributed by atoms with Gasteiger partial charge in [-0.2, -0.15) is 10.2 Å². The average molecular weight is 264 g/mol. The third-order valence-corrected chi connectivity index (χ3v) is 2.35. The van der Waals surface area contributed by atoms with Crippen molar-refractivity contribution in [3.05, 3.63) is 35.9 Å². The summed E-state index contributed by atoms with van der Waals surface area (Å²) in [6.45, 7) is 7.87. The van der Waals surface area contributed by atoms with Crippen molar-refractivity contribution in [2.24, 2.45) is 16.0 Å². The lowest BCUT2D eigenvalue weighted by atomic mass is 10.0. The Morgan fingerprint density at radius 3 is 2.11 bits per heavy atom. The van der Waals surface area contributed by atoms with Crippen LogP contribution in [0.25, 0.3) is 0 Å². The Kier molecular flexibility index (Phi) is 4.40. The number of azo groups is 1. The van der Waals surface area contributed by atoms with Gasteiger partial charge in [0, 0.05) is 5.56 Å². The molecule has 0 saturated carbocycles. The zero-order valence-corrected chi connectivity index (χ0v) is 12.1. The van der Waals surface area contributed by atoms with Crippen LogP contribution >= 0.6 is 12.2 Å². The Bertz CT molecular complexity index is 436. The lowest BCUT2D eigenvalue weighted by Crippen LogP contribution is -2.44. The average Bonchev–Trinajstić information content (AvgIpc) is 2.26. The lowest BCUT2D eigenvalue weighted by Gasteiger charge is -2.27. The summed E-state index contributed by atoms with van der Waals surface area (Å²) in [6.07, 6.45) is 0. The second-order valence-corrected chi connectivity index (χ2v) is 5.74. The fraction of sp³-hybridized carbons (Fsp3) is 0.462. The SMILES string of the molecule is CC(C)(C)N=NC(C)(NC(N)=S)c1ccccc1. The van der Waals surface area contributed by atoms with Crippen LogP contribution in [0.5, 0.6) is 0 Å². The van der Waals surface area contributed by atoms with Crippen LogP contribution in [0, 0.1) is 0 Å². The van der Waals surface area contributed by atoms with Crippen molar-refractivity contribution < 1.29 is 0 Å². The van der Waals surface area contributed by atoms with Gasteiger partial charge in [-0.25, -0.2) is 0 Å². The van der Waals surface area contributed by atoms with E-state index in [-0.39, 0.29) is 10.7 Å². The van der Waals surface area contributed by atoms with E-state index in [2.05, 4.69) is 15.5 Å². The van der Waals surface area contributed by atoms with Gasteiger partial charge >= 0.3 is 0 Å². The maximum absolute atomic E-state index is 5.57. The molecule has 1 aromatic carbocycles. The third kappa shape index (κ3) is 4.41. The molecule has 0 saturated heterocycles. The molecule has 0 aliphatic carbocycles. The Labute approximate surface area is 114 Å². The molecule has 3 N–H and O–H groups in total. The van der Waals surface area contributed by atoms with Crippen LogP contribution in [0.4, 0.5) is 0 Å². The van der Waals surface area contributed by atoms with Crippen LogP contribution in [0.1, 0.15) is 33.3 Å². The molecule has 0 bridgehead atoms. The summed E-state index contributed by atoms with van der Waals surface area (Å²) >= 11 is 4.92. The van der Waals surface area contributed by atoms with E-state index in [4.69, 9.17) is 18.0 Å². The van der Waals surface area contributed by atoms with Gasteiger partial charge in [-0.05, 0) is 39.9 Å². The van der Waals surface area contributed by atoms with E-state index >= 15 is 0 Å². The van der Waals surface area contributed by atoms with Gasteiger partial charge in [-0.3, -0.25) is 0 Å². The molecule has 0 aliphatic rings. The summed E-state index contributed by atoms with van der Waals surface area (Å²) < 4.78 is 0. The Hall–Kier alpha value is -1.49. The predicted octanol–water partition coefficient (Wildman–Crippen LogP) is 2.94. The fourth-order valence-electron chi connectivity index (χ4n) is 1.41. The monoisotopic (exact) mass is 264 g/mol. The molecule has 5 heteroatoms. The topological polar surface area (TPSA) is 62.8 Å². The minimum Gasteiger partial charge on any atom is -0.376 e. The quantitative estimate of drug-likeness (QED) is 0.651. The number of hydrogen-bond acceptors (Lipinski definition) is 3. The number of rotatable bonds is 3. The molecule has 1 atom stereocenters. The number of thiocarbonyl (C=S) groups is 1. The molecule has 4 nitrogen and oxygen atoms in total. The van der Waals surface area contributed by atoms with Gasteiger partial charge in [0.15, 0.2) is 10.8 Å². The van der Waals surface area contributed by atoms with Crippen LogP contribution in [-0.4, -0.2) is 10.7 Å². The maximum Gasteiger partial charge on any atom is 0.174 e. The van der Waals surface area contributed by atoms with Gasteiger partial charge in [0.25, 0.3) is 0 Å². The Morgan fingerprint density at radius 2 is 1.67 bits per heavy atom. The first-order valence-corrected chi connectivity index (χ1v) is 6.21. The smallest absolute Gasteiger partial charge is 0.174 e. The Morgan fingerprint density at radius 1 is 1.11 bits per heavy atom. The van der Waals surface area contributed by atoms with Gasteiger partial charge < -0.3 is 11.1 Å². The molecule has 0 amide bonds. The minimum absolute atomic E-state index is 0.203. The zero-order valence-electron chi connectivity index (χ0n) is 11.3. The summed E-state index contributed by atoms with van der Waals surface area (Å²) in [4.78, 5) is 0. The number of nitrogens with one attached hydrogen (secondary N) is 1. The number of hydrogen-bond donors (Lipinski definition) is 2. The Balaban J connectivity index is 3.11. The molecule has 0 aromatic heterocycles. The predicted molar refractivity (Wildman–Crippen MR) is 78.3 cm³/mol. The second kappa shape index (κ2) is 5.44. The van der Waals surface area contributed by atoms with Crippen molar-refractivity contribution in [1.29, 1.82) is 0 Å². The van der Waals surface area contributed by atoms with Gasteiger partial charge in [-0.1, -0.05) is 30.3 Å². The molecule has 98 valence electrons. The van der Waals surface area contributed by atoms with E-state index in [1.165, 1.54) is 0 Å². The van der Waals surface area contributed by atoms with Crippen molar-refractivity contribution in [3.63, 3.8) is 0 Å². The van der Waals surface area contributed by atoms with Crippen molar-refractivity contribution in [3.8, 4) is 0 Å². The molecule has 0 fully saturated rings. The molecule has 0 aliphatic heterocycles. The molecule has 0 spiro atoms. The molecule has 0 radical (unpaired) electrons. The van der Waals surface area contributed by atoms with Crippen molar-refractivity contribution >= 4 is 17.3 Å². The van der Waals surface area contributed by atoms with E-state index in [0.29, 0.717) is 0 Å². The van der Waals surface area contributed by atoms with Gasteiger partial charge in [-0.15, -0.1) is 0 Å². The first-order valence-electron chi connectivity index (χ1n) is 5.80. The van der Waals surface area contributed by atoms with Crippen molar-refractivity contribution in [2.45, 2.75) is 38.9 Å².